The number of hydrogen-bond acceptors (Lipinski definition) is 4. The van der Waals surface area contributed by atoms with Crippen molar-refractivity contribution in [1.82, 2.24) is 10.3 Å². The van der Waals surface area contributed by atoms with Crippen molar-refractivity contribution in [3.63, 3.8) is 0 Å². The summed E-state index contributed by atoms with van der Waals surface area (Å²) in [6.07, 6.45) is 2.19. The van der Waals surface area contributed by atoms with Crippen molar-refractivity contribution in [2.75, 3.05) is 0 Å². The summed E-state index contributed by atoms with van der Waals surface area (Å²) in [4.78, 5) is 38.5. The average Bonchev–Trinajstić information content (AvgIpc) is 3.12. The van der Waals surface area contributed by atoms with E-state index in [9.17, 15) is 14.4 Å². The van der Waals surface area contributed by atoms with Crippen LogP contribution in [-0.4, -0.2) is 28.7 Å². The summed E-state index contributed by atoms with van der Waals surface area (Å²) in [5.41, 5.74) is 1.54. The molecule has 26 heavy (non-hydrogen) atoms. The second-order valence-corrected chi connectivity index (χ2v) is 6.17. The Bertz CT molecular complexity index is 767. The van der Waals surface area contributed by atoms with E-state index in [0.717, 1.165) is 18.4 Å². The van der Waals surface area contributed by atoms with E-state index >= 15 is 0 Å². The van der Waals surface area contributed by atoms with E-state index in [0.29, 0.717) is 5.56 Å². The predicted molar refractivity (Wildman–Crippen MR) is 97.9 cm³/mol. The van der Waals surface area contributed by atoms with Crippen molar-refractivity contribution < 1.29 is 19.1 Å². The number of carbonyl (C=O) groups excluding carboxylic acids is 3. The molecule has 2 atom stereocenters. The zero-order valence-corrected chi connectivity index (χ0v) is 15.2. The van der Waals surface area contributed by atoms with E-state index in [-0.39, 0.29) is 23.4 Å². The van der Waals surface area contributed by atoms with E-state index in [4.69, 9.17) is 4.74 Å². The molecule has 0 aliphatic carbocycles. The highest BCUT2D eigenvalue weighted by molar-refractivity contribution is 5.98. The number of rotatable bonds is 8. The smallest absolute Gasteiger partial charge is 0.355 e. The van der Waals surface area contributed by atoms with E-state index in [1.165, 1.54) is 26.1 Å². The first-order valence-corrected chi connectivity index (χ1v) is 8.68. The standard InChI is InChI=1S/C20H24N2O4/c1-4-8-17(15-9-6-5-7-10-15)22-19(24)14(3)26-20(25)18-11-16(12-21-18)13(2)23/h5-7,9-12,14,17,21H,4,8H2,1-3H3,(H,22,24)/t14-,17-/m1/s1. The summed E-state index contributed by atoms with van der Waals surface area (Å²) in [7, 11) is 0. The molecular formula is C20H24N2O4. The number of hydrogen-bond donors (Lipinski definition) is 2. The Hall–Kier alpha value is -2.89. The molecule has 0 radical (unpaired) electrons. The number of esters is 1. The number of Topliss-reactive ketones (excluding diaryl/α,β-unsaturated/α-hetero) is 1. The van der Waals surface area contributed by atoms with Crippen molar-refractivity contribution in [1.29, 1.82) is 0 Å². The fourth-order valence-electron chi connectivity index (χ4n) is 2.58. The first-order valence-electron chi connectivity index (χ1n) is 8.68. The molecule has 1 heterocycles. The minimum Gasteiger partial charge on any atom is -0.448 e. The van der Waals surface area contributed by atoms with Gasteiger partial charge in [0.1, 0.15) is 5.69 Å². The van der Waals surface area contributed by atoms with Gasteiger partial charge in [0.15, 0.2) is 11.9 Å². The van der Waals surface area contributed by atoms with Crippen molar-refractivity contribution >= 4 is 17.7 Å². The second-order valence-electron chi connectivity index (χ2n) is 6.17. The second kappa shape index (κ2) is 8.99. The van der Waals surface area contributed by atoms with Crippen LogP contribution in [0.1, 0.15) is 66.1 Å². The van der Waals surface area contributed by atoms with Gasteiger partial charge in [-0.15, -0.1) is 0 Å². The van der Waals surface area contributed by atoms with Crippen LogP contribution in [0.4, 0.5) is 0 Å². The number of amides is 1. The van der Waals surface area contributed by atoms with Gasteiger partial charge in [0.2, 0.25) is 0 Å². The predicted octanol–water partition coefficient (Wildman–Crippen LogP) is 3.42. The monoisotopic (exact) mass is 356 g/mol. The average molecular weight is 356 g/mol. The Balaban J connectivity index is 1.98. The fraction of sp³-hybridized carbons (Fsp3) is 0.350. The normalized spacial score (nSPS) is 12.9. The lowest BCUT2D eigenvalue weighted by molar-refractivity contribution is -0.129. The molecule has 2 rings (SSSR count). The molecule has 0 fully saturated rings. The molecule has 0 aliphatic heterocycles. The van der Waals surface area contributed by atoms with Crippen LogP contribution >= 0.6 is 0 Å². The highest BCUT2D eigenvalue weighted by Crippen LogP contribution is 2.18. The first kappa shape index (κ1) is 19.4. The summed E-state index contributed by atoms with van der Waals surface area (Å²) < 4.78 is 5.21. The number of ether oxygens (including phenoxy) is 1. The lowest BCUT2D eigenvalue weighted by Gasteiger charge is -2.21. The number of H-pyrrole nitrogens is 1. The zero-order valence-electron chi connectivity index (χ0n) is 15.2. The van der Waals surface area contributed by atoms with Gasteiger partial charge in [-0.05, 0) is 31.9 Å². The Morgan fingerprint density at radius 3 is 2.46 bits per heavy atom. The Morgan fingerprint density at radius 1 is 1.19 bits per heavy atom. The Labute approximate surface area is 152 Å². The van der Waals surface area contributed by atoms with Gasteiger partial charge in [-0.3, -0.25) is 9.59 Å². The van der Waals surface area contributed by atoms with Crippen LogP contribution in [0.2, 0.25) is 0 Å². The van der Waals surface area contributed by atoms with Gasteiger partial charge < -0.3 is 15.0 Å². The molecule has 1 aromatic carbocycles. The Morgan fingerprint density at radius 2 is 1.88 bits per heavy atom. The number of benzene rings is 1. The molecular weight excluding hydrogens is 332 g/mol. The SMILES string of the molecule is CCC[C@@H](NC(=O)[C@@H](C)OC(=O)c1cc(C(C)=O)c[nH]1)c1ccccc1. The maximum Gasteiger partial charge on any atom is 0.355 e. The molecule has 6 nitrogen and oxygen atoms in total. The van der Waals surface area contributed by atoms with Gasteiger partial charge >= 0.3 is 5.97 Å². The van der Waals surface area contributed by atoms with Crippen molar-refractivity contribution in [2.45, 2.75) is 45.8 Å². The summed E-state index contributed by atoms with van der Waals surface area (Å²) in [6.45, 7) is 4.98. The van der Waals surface area contributed by atoms with Gasteiger partial charge in [0.25, 0.3) is 5.91 Å². The molecule has 0 saturated carbocycles. The maximum absolute atomic E-state index is 12.4. The van der Waals surface area contributed by atoms with Gasteiger partial charge in [0.05, 0.1) is 6.04 Å². The third-order valence-electron chi connectivity index (χ3n) is 4.06. The molecule has 2 aromatic rings. The van der Waals surface area contributed by atoms with E-state index in [1.807, 2.05) is 37.3 Å². The van der Waals surface area contributed by atoms with Crippen molar-refractivity contribution in [3.8, 4) is 0 Å². The van der Waals surface area contributed by atoms with Crippen LogP contribution in [0.3, 0.4) is 0 Å². The first-order chi connectivity index (χ1) is 12.4. The molecule has 0 saturated heterocycles. The van der Waals surface area contributed by atoms with Gasteiger partial charge in [-0.25, -0.2) is 4.79 Å². The topological polar surface area (TPSA) is 88.3 Å². The number of nitrogens with one attached hydrogen (secondary N) is 2. The van der Waals surface area contributed by atoms with Crippen LogP contribution in [0.25, 0.3) is 0 Å². The summed E-state index contributed by atoms with van der Waals surface area (Å²) in [5, 5.41) is 2.93. The van der Waals surface area contributed by atoms with E-state index < -0.39 is 12.1 Å². The lowest BCUT2D eigenvalue weighted by Crippen LogP contribution is -2.38. The molecule has 138 valence electrons. The molecule has 0 aliphatic rings. The number of aromatic amines is 1. The molecule has 1 amide bonds. The van der Waals surface area contributed by atoms with Crippen LogP contribution in [-0.2, 0) is 9.53 Å². The number of aromatic nitrogens is 1. The highest BCUT2D eigenvalue weighted by atomic mass is 16.5. The third-order valence-corrected chi connectivity index (χ3v) is 4.06. The molecule has 1 aromatic heterocycles. The van der Waals surface area contributed by atoms with E-state index in [2.05, 4.69) is 10.3 Å². The fourth-order valence-corrected chi connectivity index (χ4v) is 2.58. The third kappa shape index (κ3) is 5.05. The highest BCUT2D eigenvalue weighted by Gasteiger charge is 2.23. The van der Waals surface area contributed by atoms with Gasteiger partial charge in [-0.2, -0.15) is 0 Å². The minimum absolute atomic E-state index is 0.135. The van der Waals surface area contributed by atoms with Crippen LogP contribution in [0.15, 0.2) is 42.6 Å². The molecule has 6 heteroatoms. The van der Waals surface area contributed by atoms with Crippen molar-refractivity contribution in [3.05, 3.63) is 59.4 Å². The summed E-state index contributed by atoms with van der Waals surface area (Å²) >= 11 is 0. The lowest BCUT2D eigenvalue weighted by atomic mass is 10.0. The summed E-state index contributed by atoms with van der Waals surface area (Å²) in [5.74, 6) is -1.19. The number of ketones is 1. The molecule has 0 bridgehead atoms. The number of carbonyl (C=O) groups is 3. The van der Waals surface area contributed by atoms with Gasteiger partial charge in [0, 0.05) is 11.8 Å². The molecule has 0 unspecified atom stereocenters. The summed E-state index contributed by atoms with van der Waals surface area (Å²) in [6, 6.07) is 11.0. The minimum atomic E-state index is -0.949. The van der Waals surface area contributed by atoms with E-state index in [1.54, 1.807) is 0 Å². The zero-order chi connectivity index (χ0) is 19.1. The Kier molecular flexibility index (Phi) is 6.72. The van der Waals surface area contributed by atoms with Gasteiger partial charge in [-0.1, -0.05) is 43.7 Å². The van der Waals surface area contributed by atoms with Crippen LogP contribution in [0.5, 0.6) is 0 Å². The van der Waals surface area contributed by atoms with Crippen LogP contribution in [0, 0.1) is 0 Å². The maximum atomic E-state index is 12.4. The largest absolute Gasteiger partial charge is 0.448 e. The van der Waals surface area contributed by atoms with Crippen LogP contribution < -0.4 is 5.32 Å². The quantitative estimate of drug-likeness (QED) is 0.560. The molecule has 0 spiro atoms. The van der Waals surface area contributed by atoms with Crippen molar-refractivity contribution in [2.24, 2.45) is 0 Å². The molecule has 2 N–H and O–H groups in total.